The lowest BCUT2D eigenvalue weighted by atomic mass is 9.69. The van der Waals surface area contributed by atoms with E-state index in [1.807, 2.05) is 0 Å². The molecule has 5 aliphatic rings. The Bertz CT molecular complexity index is 535. The summed E-state index contributed by atoms with van der Waals surface area (Å²) in [5.41, 5.74) is 0. The molecule has 0 amide bonds. The quantitative estimate of drug-likeness (QED) is 0.326. The predicted molar refractivity (Wildman–Crippen MR) is 90.9 cm³/mol. The zero-order chi connectivity index (χ0) is 16.3. The first-order valence-electron chi connectivity index (χ1n) is 10.3. The lowest BCUT2D eigenvalue weighted by Gasteiger charge is -2.36. The third kappa shape index (κ3) is 2.30. The van der Waals surface area contributed by atoms with Crippen molar-refractivity contribution >= 4 is 5.97 Å². The van der Waals surface area contributed by atoms with Crippen LogP contribution in [0, 0.1) is 41.4 Å². The third-order valence-electron chi connectivity index (χ3n) is 7.80. The Morgan fingerprint density at radius 2 is 1.83 bits per heavy atom. The van der Waals surface area contributed by atoms with Crippen LogP contribution in [-0.4, -0.2) is 18.4 Å². The largest absolute Gasteiger partial charge is 0.436 e. The maximum absolute atomic E-state index is 12.9. The van der Waals surface area contributed by atoms with Gasteiger partial charge in [0, 0.05) is 6.42 Å². The van der Waals surface area contributed by atoms with Crippen LogP contribution in [-0.2, 0) is 14.3 Å². The van der Waals surface area contributed by atoms with E-state index in [0.29, 0.717) is 12.0 Å². The van der Waals surface area contributed by atoms with Crippen LogP contribution in [0.1, 0.15) is 58.3 Å². The van der Waals surface area contributed by atoms with Crippen molar-refractivity contribution in [3.05, 3.63) is 12.2 Å². The fourth-order valence-corrected chi connectivity index (χ4v) is 6.95. The summed E-state index contributed by atoms with van der Waals surface area (Å²) in [6, 6.07) is 0. The van der Waals surface area contributed by atoms with Gasteiger partial charge in [-0.25, -0.2) is 0 Å². The molecule has 4 bridgehead atoms. The van der Waals surface area contributed by atoms with Crippen LogP contribution in [0.3, 0.4) is 0 Å². The van der Waals surface area contributed by atoms with Gasteiger partial charge in [0.05, 0.1) is 12.0 Å². The molecule has 5 rings (SSSR count). The molecule has 0 aromatic rings. The van der Waals surface area contributed by atoms with Gasteiger partial charge in [-0.3, -0.25) is 4.79 Å². The molecule has 3 nitrogen and oxygen atoms in total. The highest BCUT2D eigenvalue weighted by molar-refractivity contribution is 5.73. The minimum absolute atomic E-state index is 0.0394. The molecular weight excluding hydrogens is 300 g/mol. The summed E-state index contributed by atoms with van der Waals surface area (Å²) in [5.74, 6) is 4.76. The first-order valence-corrected chi connectivity index (χ1v) is 10.3. The van der Waals surface area contributed by atoms with Crippen LogP contribution in [0.5, 0.6) is 0 Å². The van der Waals surface area contributed by atoms with Gasteiger partial charge in [0.25, 0.3) is 0 Å². The SMILES string of the molecule is CCC(OC(=O)C1CC2CC1C1C3C=CC(C3)C21)OC1CCCC1. The Kier molecular flexibility index (Phi) is 3.77. The fourth-order valence-electron chi connectivity index (χ4n) is 6.95. The molecule has 0 saturated heterocycles. The topological polar surface area (TPSA) is 35.5 Å². The average Bonchev–Trinajstić information content (AvgIpc) is 3.38. The summed E-state index contributed by atoms with van der Waals surface area (Å²) in [6.07, 6.45) is 14.1. The zero-order valence-corrected chi connectivity index (χ0v) is 14.7. The zero-order valence-electron chi connectivity index (χ0n) is 14.7. The van der Waals surface area contributed by atoms with E-state index in [9.17, 15) is 4.79 Å². The molecule has 0 heterocycles. The predicted octanol–water partition coefficient (Wildman–Crippen LogP) is 4.32. The summed E-state index contributed by atoms with van der Waals surface area (Å²) in [7, 11) is 0. The van der Waals surface area contributed by atoms with Crippen LogP contribution in [0.25, 0.3) is 0 Å². The second kappa shape index (κ2) is 5.86. The molecule has 0 aliphatic heterocycles. The van der Waals surface area contributed by atoms with Crippen molar-refractivity contribution in [2.75, 3.05) is 0 Å². The number of rotatable bonds is 5. The van der Waals surface area contributed by atoms with Gasteiger partial charge in [0.2, 0.25) is 6.29 Å². The van der Waals surface area contributed by atoms with Gasteiger partial charge in [-0.1, -0.05) is 31.9 Å². The van der Waals surface area contributed by atoms with Crippen LogP contribution < -0.4 is 0 Å². The summed E-state index contributed by atoms with van der Waals surface area (Å²) < 4.78 is 11.9. The lowest BCUT2D eigenvalue weighted by molar-refractivity contribution is -0.196. The molecule has 4 fully saturated rings. The molecule has 24 heavy (non-hydrogen) atoms. The van der Waals surface area contributed by atoms with Crippen molar-refractivity contribution in [2.45, 2.75) is 70.7 Å². The monoisotopic (exact) mass is 330 g/mol. The summed E-state index contributed by atoms with van der Waals surface area (Å²) in [6.45, 7) is 2.06. The minimum atomic E-state index is -0.324. The molecule has 0 aromatic heterocycles. The molecule has 5 aliphatic carbocycles. The standard InChI is InChI=1S/C21H30O3/c1-2-18(23-15-5-3-4-6-15)24-21(22)17-11-14-10-16(17)20-13-8-7-12(9-13)19(14)20/h7-8,12-20H,2-6,9-11H2,1H3. The Morgan fingerprint density at radius 1 is 1.08 bits per heavy atom. The van der Waals surface area contributed by atoms with Crippen molar-refractivity contribution in [1.29, 1.82) is 0 Å². The molecule has 0 radical (unpaired) electrons. The van der Waals surface area contributed by atoms with E-state index in [2.05, 4.69) is 19.1 Å². The van der Waals surface area contributed by atoms with Crippen LogP contribution in [0.15, 0.2) is 12.2 Å². The fraction of sp³-hybridized carbons (Fsp3) is 0.857. The smallest absolute Gasteiger partial charge is 0.311 e. The normalized spacial score (nSPS) is 46.6. The van der Waals surface area contributed by atoms with Crippen molar-refractivity contribution < 1.29 is 14.3 Å². The molecule has 132 valence electrons. The maximum Gasteiger partial charge on any atom is 0.311 e. The highest BCUT2D eigenvalue weighted by Crippen LogP contribution is 2.67. The number of fused-ring (bicyclic) bond motifs is 9. The number of ether oxygens (including phenoxy) is 2. The van der Waals surface area contributed by atoms with Crippen LogP contribution in [0.4, 0.5) is 0 Å². The summed E-state index contributed by atoms with van der Waals surface area (Å²) in [4.78, 5) is 12.9. The van der Waals surface area contributed by atoms with Gasteiger partial charge >= 0.3 is 5.97 Å². The van der Waals surface area contributed by atoms with Gasteiger partial charge in [0.15, 0.2) is 0 Å². The van der Waals surface area contributed by atoms with Crippen molar-refractivity contribution in [3.8, 4) is 0 Å². The summed E-state index contributed by atoms with van der Waals surface area (Å²) >= 11 is 0. The Labute approximate surface area is 145 Å². The highest BCUT2D eigenvalue weighted by atomic mass is 16.7. The van der Waals surface area contributed by atoms with Gasteiger partial charge in [-0.2, -0.15) is 0 Å². The number of carbonyl (C=O) groups excluding carboxylic acids is 1. The van der Waals surface area contributed by atoms with Crippen LogP contribution >= 0.6 is 0 Å². The van der Waals surface area contributed by atoms with Gasteiger partial charge < -0.3 is 9.47 Å². The van der Waals surface area contributed by atoms with E-state index >= 15 is 0 Å². The Morgan fingerprint density at radius 3 is 2.58 bits per heavy atom. The second-order valence-corrected chi connectivity index (χ2v) is 8.92. The van der Waals surface area contributed by atoms with E-state index in [4.69, 9.17) is 9.47 Å². The molecule has 0 N–H and O–H groups in total. The molecule has 4 saturated carbocycles. The van der Waals surface area contributed by atoms with E-state index in [0.717, 1.165) is 55.3 Å². The molecule has 0 aromatic carbocycles. The third-order valence-corrected chi connectivity index (χ3v) is 7.80. The molecule has 8 atom stereocenters. The van der Waals surface area contributed by atoms with E-state index in [1.165, 1.54) is 25.7 Å². The van der Waals surface area contributed by atoms with Crippen molar-refractivity contribution in [3.63, 3.8) is 0 Å². The van der Waals surface area contributed by atoms with Crippen molar-refractivity contribution in [2.24, 2.45) is 41.4 Å². The number of carbonyl (C=O) groups is 1. The van der Waals surface area contributed by atoms with E-state index < -0.39 is 0 Å². The maximum atomic E-state index is 12.9. The molecule has 3 heteroatoms. The van der Waals surface area contributed by atoms with Gasteiger partial charge in [-0.15, -0.1) is 0 Å². The number of allylic oxidation sites excluding steroid dienone is 2. The Balaban J connectivity index is 1.23. The van der Waals surface area contributed by atoms with Crippen LogP contribution in [0.2, 0.25) is 0 Å². The first-order chi connectivity index (χ1) is 11.7. The lowest BCUT2D eigenvalue weighted by Crippen LogP contribution is -2.37. The first kappa shape index (κ1) is 15.4. The molecule has 0 spiro atoms. The van der Waals surface area contributed by atoms with E-state index in [1.54, 1.807) is 0 Å². The summed E-state index contributed by atoms with van der Waals surface area (Å²) in [5, 5.41) is 0. The van der Waals surface area contributed by atoms with Gasteiger partial charge in [0.1, 0.15) is 0 Å². The van der Waals surface area contributed by atoms with Crippen molar-refractivity contribution in [1.82, 2.24) is 0 Å². The average molecular weight is 330 g/mol. The van der Waals surface area contributed by atoms with Gasteiger partial charge in [-0.05, 0) is 67.6 Å². The second-order valence-electron chi connectivity index (χ2n) is 8.92. The number of esters is 1. The minimum Gasteiger partial charge on any atom is -0.436 e. The Hall–Kier alpha value is -0.830. The highest BCUT2D eigenvalue weighted by Gasteiger charge is 2.62. The van der Waals surface area contributed by atoms with E-state index in [-0.39, 0.29) is 18.2 Å². The molecule has 8 unspecified atom stereocenters. The molecular formula is C21H30O3. The number of hydrogen-bond donors (Lipinski definition) is 0. The number of hydrogen-bond acceptors (Lipinski definition) is 3.